The molecule has 0 radical (unpaired) electrons. The lowest BCUT2D eigenvalue weighted by atomic mass is 10.1. The van der Waals surface area contributed by atoms with Crippen LogP contribution < -0.4 is 5.32 Å². The van der Waals surface area contributed by atoms with Crippen LogP contribution in [0.2, 0.25) is 0 Å². The normalized spacial score (nSPS) is 16.2. The summed E-state index contributed by atoms with van der Waals surface area (Å²) in [6, 6.07) is 1.25. The van der Waals surface area contributed by atoms with Crippen LogP contribution in [0.4, 0.5) is 10.2 Å². The molecule has 1 aromatic heterocycles. The third kappa shape index (κ3) is 3.25. The number of carbonyl (C=O) groups is 1. The van der Waals surface area contributed by atoms with Crippen LogP contribution in [0.5, 0.6) is 0 Å². The van der Waals surface area contributed by atoms with E-state index in [-0.39, 0.29) is 12.0 Å². The maximum atomic E-state index is 13.4. The Morgan fingerprint density at radius 2 is 2.25 bits per heavy atom. The van der Waals surface area contributed by atoms with E-state index in [1.807, 2.05) is 6.92 Å². The monoisotopic (exact) mass is 281 g/mol. The van der Waals surface area contributed by atoms with Gasteiger partial charge in [-0.05, 0) is 25.8 Å². The summed E-state index contributed by atoms with van der Waals surface area (Å²) >= 11 is 0. The standard InChI is InChI=1S/C14H20FN3O2/c1-3-16-13-12(8-10(15)9-17-13)14(19)18-6-4-11(20-2)5-7-18/h8-9,11H,3-7H2,1-2H3,(H,16,17). The molecular formula is C14H20FN3O2. The van der Waals surface area contributed by atoms with Crippen molar-refractivity contribution >= 4 is 11.7 Å². The molecule has 0 aliphatic carbocycles. The minimum Gasteiger partial charge on any atom is -0.381 e. The summed E-state index contributed by atoms with van der Waals surface area (Å²) in [7, 11) is 1.68. The van der Waals surface area contributed by atoms with E-state index in [0.717, 1.165) is 19.0 Å². The third-order valence-corrected chi connectivity index (χ3v) is 3.49. The number of hydrogen-bond donors (Lipinski definition) is 1. The molecule has 1 aromatic rings. The van der Waals surface area contributed by atoms with E-state index < -0.39 is 5.82 Å². The highest BCUT2D eigenvalue weighted by molar-refractivity contribution is 5.98. The van der Waals surface area contributed by atoms with Gasteiger partial charge in [0.2, 0.25) is 0 Å². The van der Waals surface area contributed by atoms with E-state index in [2.05, 4.69) is 10.3 Å². The van der Waals surface area contributed by atoms with Crippen LogP contribution in [0.15, 0.2) is 12.3 Å². The fourth-order valence-corrected chi connectivity index (χ4v) is 2.38. The minimum atomic E-state index is -0.498. The van der Waals surface area contributed by atoms with Crippen molar-refractivity contribution < 1.29 is 13.9 Å². The van der Waals surface area contributed by atoms with Crippen molar-refractivity contribution in [3.05, 3.63) is 23.6 Å². The maximum absolute atomic E-state index is 13.4. The summed E-state index contributed by atoms with van der Waals surface area (Å²) in [6.07, 6.45) is 2.94. The van der Waals surface area contributed by atoms with Crippen molar-refractivity contribution in [2.75, 3.05) is 32.1 Å². The van der Waals surface area contributed by atoms with Crippen molar-refractivity contribution in [1.82, 2.24) is 9.88 Å². The highest BCUT2D eigenvalue weighted by atomic mass is 19.1. The predicted molar refractivity (Wildman–Crippen MR) is 74.3 cm³/mol. The lowest BCUT2D eigenvalue weighted by molar-refractivity contribution is 0.0351. The Hall–Kier alpha value is -1.69. The number of ether oxygens (including phenoxy) is 1. The Kier molecular flexibility index (Phi) is 4.89. The zero-order valence-electron chi connectivity index (χ0n) is 11.9. The first-order valence-electron chi connectivity index (χ1n) is 6.87. The van der Waals surface area contributed by atoms with Gasteiger partial charge in [-0.2, -0.15) is 0 Å². The molecule has 0 aromatic carbocycles. The van der Waals surface area contributed by atoms with Crippen molar-refractivity contribution in [2.24, 2.45) is 0 Å². The van der Waals surface area contributed by atoms with Gasteiger partial charge in [-0.3, -0.25) is 4.79 Å². The fourth-order valence-electron chi connectivity index (χ4n) is 2.38. The average Bonchev–Trinajstić information content (AvgIpc) is 2.48. The van der Waals surface area contributed by atoms with E-state index in [9.17, 15) is 9.18 Å². The number of hydrogen-bond acceptors (Lipinski definition) is 4. The Morgan fingerprint density at radius 1 is 1.55 bits per heavy atom. The van der Waals surface area contributed by atoms with E-state index in [1.54, 1.807) is 12.0 Å². The van der Waals surface area contributed by atoms with Crippen LogP contribution in [-0.2, 0) is 4.74 Å². The van der Waals surface area contributed by atoms with Gasteiger partial charge in [0.1, 0.15) is 11.6 Å². The van der Waals surface area contributed by atoms with Gasteiger partial charge in [0.15, 0.2) is 0 Å². The van der Waals surface area contributed by atoms with Gasteiger partial charge in [-0.25, -0.2) is 9.37 Å². The largest absolute Gasteiger partial charge is 0.381 e. The molecule has 2 rings (SSSR count). The molecule has 20 heavy (non-hydrogen) atoms. The molecule has 110 valence electrons. The first-order valence-corrected chi connectivity index (χ1v) is 6.87. The Balaban J connectivity index is 2.14. The van der Waals surface area contributed by atoms with Crippen molar-refractivity contribution in [1.29, 1.82) is 0 Å². The number of carbonyl (C=O) groups excluding carboxylic acids is 1. The Morgan fingerprint density at radius 3 is 2.85 bits per heavy atom. The first kappa shape index (κ1) is 14.7. The van der Waals surface area contributed by atoms with E-state index in [1.165, 1.54) is 6.07 Å². The number of amides is 1. The molecule has 1 aliphatic rings. The Labute approximate surface area is 118 Å². The molecule has 0 atom stereocenters. The van der Waals surface area contributed by atoms with Crippen LogP contribution >= 0.6 is 0 Å². The van der Waals surface area contributed by atoms with Gasteiger partial charge >= 0.3 is 0 Å². The van der Waals surface area contributed by atoms with E-state index in [4.69, 9.17) is 4.74 Å². The molecule has 1 saturated heterocycles. The molecular weight excluding hydrogens is 261 g/mol. The highest BCUT2D eigenvalue weighted by Crippen LogP contribution is 2.20. The van der Waals surface area contributed by atoms with Gasteiger partial charge in [-0.1, -0.05) is 0 Å². The number of piperidine rings is 1. The van der Waals surface area contributed by atoms with Crippen LogP contribution in [0.3, 0.4) is 0 Å². The molecule has 1 N–H and O–H groups in total. The average molecular weight is 281 g/mol. The smallest absolute Gasteiger partial charge is 0.257 e. The molecule has 1 fully saturated rings. The number of aromatic nitrogens is 1. The van der Waals surface area contributed by atoms with Crippen LogP contribution in [0, 0.1) is 5.82 Å². The molecule has 0 spiro atoms. The van der Waals surface area contributed by atoms with E-state index in [0.29, 0.717) is 31.0 Å². The van der Waals surface area contributed by atoms with E-state index >= 15 is 0 Å². The maximum Gasteiger partial charge on any atom is 0.257 e. The van der Waals surface area contributed by atoms with Crippen molar-refractivity contribution in [2.45, 2.75) is 25.9 Å². The van der Waals surface area contributed by atoms with Gasteiger partial charge in [0, 0.05) is 26.7 Å². The third-order valence-electron chi connectivity index (χ3n) is 3.49. The molecule has 0 saturated carbocycles. The highest BCUT2D eigenvalue weighted by Gasteiger charge is 2.25. The summed E-state index contributed by atoms with van der Waals surface area (Å²) in [4.78, 5) is 18.2. The number of halogens is 1. The number of anilines is 1. The van der Waals surface area contributed by atoms with Gasteiger partial charge in [0.05, 0.1) is 17.9 Å². The zero-order chi connectivity index (χ0) is 14.5. The molecule has 2 heterocycles. The molecule has 1 aliphatic heterocycles. The van der Waals surface area contributed by atoms with Crippen LogP contribution in [-0.4, -0.2) is 48.6 Å². The predicted octanol–water partition coefficient (Wildman–Crippen LogP) is 1.90. The van der Waals surface area contributed by atoms with Crippen LogP contribution in [0.1, 0.15) is 30.1 Å². The molecule has 0 bridgehead atoms. The van der Waals surface area contributed by atoms with Gasteiger partial charge in [0.25, 0.3) is 5.91 Å². The topological polar surface area (TPSA) is 54.5 Å². The molecule has 0 unspecified atom stereocenters. The number of nitrogens with one attached hydrogen (secondary N) is 1. The lowest BCUT2D eigenvalue weighted by Gasteiger charge is -2.31. The summed E-state index contributed by atoms with van der Waals surface area (Å²) in [6.45, 7) is 3.78. The lowest BCUT2D eigenvalue weighted by Crippen LogP contribution is -2.41. The summed E-state index contributed by atoms with van der Waals surface area (Å²) in [5, 5.41) is 2.99. The molecule has 5 nitrogen and oxygen atoms in total. The second-order valence-electron chi connectivity index (χ2n) is 4.81. The number of likely N-dealkylation sites (tertiary alicyclic amines) is 1. The second kappa shape index (κ2) is 6.65. The molecule has 6 heteroatoms. The molecule has 1 amide bonds. The van der Waals surface area contributed by atoms with Gasteiger partial charge < -0.3 is 15.0 Å². The Bertz CT molecular complexity index is 473. The second-order valence-corrected chi connectivity index (χ2v) is 4.81. The fraction of sp³-hybridized carbons (Fsp3) is 0.571. The zero-order valence-corrected chi connectivity index (χ0v) is 11.9. The minimum absolute atomic E-state index is 0.178. The van der Waals surface area contributed by atoms with Crippen LogP contribution in [0.25, 0.3) is 0 Å². The summed E-state index contributed by atoms with van der Waals surface area (Å²) < 4.78 is 18.6. The first-order chi connectivity index (χ1) is 9.65. The van der Waals surface area contributed by atoms with Crippen molar-refractivity contribution in [3.63, 3.8) is 0 Å². The van der Waals surface area contributed by atoms with Crippen molar-refractivity contribution in [3.8, 4) is 0 Å². The summed E-state index contributed by atoms with van der Waals surface area (Å²) in [5.41, 5.74) is 0.294. The number of nitrogens with zero attached hydrogens (tertiary/aromatic N) is 2. The number of pyridine rings is 1. The number of methoxy groups -OCH3 is 1. The number of rotatable bonds is 4. The summed E-state index contributed by atoms with van der Waals surface area (Å²) in [5.74, 6) is -0.239. The van der Waals surface area contributed by atoms with Gasteiger partial charge in [-0.15, -0.1) is 0 Å². The quantitative estimate of drug-likeness (QED) is 0.916. The SMILES string of the molecule is CCNc1ncc(F)cc1C(=O)N1CCC(OC)CC1.